The van der Waals surface area contributed by atoms with Crippen LogP contribution in [0.15, 0.2) is 16.7 Å². The van der Waals surface area contributed by atoms with Gasteiger partial charge in [-0.05, 0) is 56.1 Å². The molecule has 2 aromatic rings. The smallest absolute Gasteiger partial charge is 0.275 e. The molecule has 2 heterocycles. The van der Waals surface area contributed by atoms with Crippen LogP contribution in [0.3, 0.4) is 0 Å². The largest absolute Gasteiger partial charge is 0.508 e. The molecule has 4 N–H and O–H groups in total. The first-order valence-corrected chi connectivity index (χ1v) is 13.2. The predicted octanol–water partition coefficient (Wildman–Crippen LogP) is 4.12. The van der Waals surface area contributed by atoms with E-state index in [1.165, 1.54) is 6.07 Å². The number of hydrogen-bond acceptors (Lipinski definition) is 8. The monoisotopic (exact) mass is 550 g/mol. The standard InChI is InChI=1S/C27H38N4O6.ClH/c1-4-28-27(35)24-23(25(37-30-24)20-13-19(16(2)3)21(32)14-22(20)33)29-26(34)18-7-5-17(6-8-18)15-31-9-11-36-12-10-31;/h13-14,16-18,32-33H,4-12,15H2,1-3H3,(H,28,35)(H,29,34);1H. The summed E-state index contributed by atoms with van der Waals surface area (Å²) in [5, 5.41) is 30.4. The summed E-state index contributed by atoms with van der Waals surface area (Å²) in [6.45, 7) is 10.5. The van der Waals surface area contributed by atoms with Crippen molar-refractivity contribution in [3.05, 3.63) is 23.4 Å². The maximum absolute atomic E-state index is 13.4. The molecule has 1 aliphatic carbocycles. The summed E-state index contributed by atoms with van der Waals surface area (Å²) in [5.74, 6) is -0.538. The fraction of sp³-hybridized carbons (Fsp3) is 0.593. The second-order valence-electron chi connectivity index (χ2n) is 10.3. The highest BCUT2D eigenvalue weighted by atomic mass is 35.5. The third-order valence-corrected chi connectivity index (χ3v) is 7.34. The Morgan fingerprint density at radius 2 is 1.79 bits per heavy atom. The number of rotatable bonds is 8. The van der Waals surface area contributed by atoms with Gasteiger partial charge in [0.1, 0.15) is 17.2 Å². The zero-order valence-electron chi connectivity index (χ0n) is 22.3. The summed E-state index contributed by atoms with van der Waals surface area (Å²) < 4.78 is 10.9. The summed E-state index contributed by atoms with van der Waals surface area (Å²) in [6, 6.07) is 2.84. The molecule has 0 radical (unpaired) electrons. The summed E-state index contributed by atoms with van der Waals surface area (Å²) in [6.07, 6.45) is 3.46. The molecule has 11 heteroatoms. The van der Waals surface area contributed by atoms with E-state index in [1.807, 2.05) is 13.8 Å². The molecular formula is C27H39ClN4O6. The van der Waals surface area contributed by atoms with Crippen LogP contribution < -0.4 is 10.6 Å². The van der Waals surface area contributed by atoms with Gasteiger partial charge in [0.2, 0.25) is 5.91 Å². The maximum Gasteiger partial charge on any atom is 0.275 e. The number of phenols is 2. The third kappa shape index (κ3) is 6.78. The number of morpholine rings is 1. The van der Waals surface area contributed by atoms with E-state index in [9.17, 15) is 19.8 Å². The number of nitrogens with one attached hydrogen (secondary N) is 2. The van der Waals surface area contributed by atoms with Gasteiger partial charge in [-0.3, -0.25) is 14.5 Å². The van der Waals surface area contributed by atoms with Crippen LogP contribution in [0, 0.1) is 11.8 Å². The van der Waals surface area contributed by atoms with E-state index in [0.29, 0.717) is 18.0 Å². The first kappa shape index (κ1) is 29.7. The van der Waals surface area contributed by atoms with Gasteiger partial charge in [0.15, 0.2) is 11.5 Å². The molecule has 38 heavy (non-hydrogen) atoms. The molecule has 2 fully saturated rings. The van der Waals surface area contributed by atoms with Gasteiger partial charge in [0.25, 0.3) is 5.91 Å². The number of halogens is 1. The SMILES string of the molecule is CCNC(=O)c1noc(-c2cc(C(C)C)c(O)cc2O)c1NC(=O)C1CCC(CN2CCOCC2)CC1.Cl. The van der Waals surface area contributed by atoms with E-state index in [-0.39, 0.29) is 64.4 Å². The van der Waals surface area contributed by atoms with Gasteiger partial charge in [-0.1, -0.05) is 19.0 Å². The minimum Gasteiger partial charge on any atom is -0.508 e. The number of nitrogens with zero attached hydrogens (tertiary/aromatic N) is 2. The van der Waals surface area contributed by atoms with Crippen molar-refractivity contribution in [2.75, 3.05) is 44.7 Å². The van der Waals surface area contributed by atoms with Gasteiger partial charge in [-0.15, -0.1) is 12.4 Å². The number of aromatic hydroxyl groups is 2. The van der Waals surface area contributed by atoms with E-state index < -0.39 is 5.91 Å². The Morgan fingerprint density at radius 3 is 2.42 bits per heavy atom. The van der Waals surface area contributed by atoms with Gasteiger partial charge in [-0.2, -0.15) is 0 Å². The molecule has 2 amide bonds. The van der Waals surface area contributed by atoms with Gasteiger partial charge < -0.3 is 30.1 Å². The number of phenolic OH excluding ortho intramolecular Hbond substituents is 2. The Morgan fingerprint density at radius 1 is 1.11 bits per heavy atom. The molecule has 0 atom stereocenters. The molecule has 1 aliphatic heterocycles. The van der Waals surface area contributed by atoms with Gasteiger partial charge in [0.05, 0.1) is 18.8 Å². The molecule has 0 bridgehead atoms. The van der Waals surface area contributed by atoms with Crippen LogP contribution in [0.5, 0.6) is 11.5 Å². The number of carbonyl (C=O) groups is 2. The highest BCUT2D eigenvalue weighted by molar-refractivity contribution is 6.06. The van der Waals surface area contributed by atoms with Crippen molar-refractivity contribution >= 4 is 29.9 Å². The third-order valence-electron chi connectivity index (χ3n) is 7.34. The number of carbonyl (C=O) groups excluding carboxylic acids is 2. The topological polar surface area (TPSA) is 137 Å². The van der Waals surface area contributed by atoms with Crippen molar-refractivity contribution in [3.63, 3.8) is 0 Å². The lowest BCUT2D eigenvalue weighted by Crippen LogP contribution is -2.40. The van der Waals surface area contributed by atoms with Gasteiger partial charge in [-0.25, -0.2) is 0 Å². The Hall–Kier alpha value is -2.82. The Labute approximate surface area is 229 Å². The molecule has 0 unspecified atom stereocenters. The molecule has 0 spiro atoms. The summed E-state index contributed by atoms with van der Waals surface area (Å²) in [7, 11) is 0. The Kier molecular flexibility index (Phi) is 10.4. The van der Waals surface area contributed by atoms with E-state index in [1.54, 1.807) is 13.0 Å². The second-order valence-corrected chi connectivity index (χ2v) is 10.3. The first-order chi connectivity index (χ1) is 17.8. The van der Waals surface area contributed by atoms with Crippen LogP contribution in [0.4, 0.5) is 5.69 Å². The number of benzene rings is 1. The number of aromatic nitrogens is 1. The minimum atomic E-state index is -0.482. The molecule has 1 aromatic heterocycles. The normalized spacial score (nSPS) is 20.1. The van der Waals surface area contributed by atoms with Crippen LogP contribution >= 0.6 is 12.4 Å². The van der Waals surface area contributed by atoms with Crippen molar-refractivity contribution in [1.82, 2.24) is 15.4 Å². The average molecular weight is 551 g/mol. The minimum absolute atomic E-state index is 0. The quantitative estimate of drug-likeness (QED) is 0.385. The van der Waals surface area contributed by atoms with E-state index in [4.69, 9.17) is 9.26 Å². The summed E-state index contributed by atoms with van der Waals surface area (Å²) in [5.41, 5.74) is 0.917. The lowest BCUT2D eigenvalue weighted by molar-refractivity contribution is -0.121. The number of ether oxygens (including phenoxy) is 1. The lowest BCUT2D eigenvalue weighted by Gasteiger charge is -2.34. The fourth-order valence-electron chi connectivity index (χ4n) is 5.21. The number of hydrogen-bond donors (Lipinski definition) is 4. The molecule has 1 aromatic carbocycles. The molecular weight excluding hydrogens is 512 g/mol. The zero-order valence-corrected chi connectivity index (χ0v) is 23.1. The van der Waals surface area contributed by atoms with Crippen molar-refractivity contribution in [2.24, 2.45) is 11.8 Å². The molecule has 210 valence electrons. The van der Waals surface area contributed by atoms with Crippen molar-refractivity contribution in [1.29, 1.82) is 0 Å². The summed E-state index contributed by atoms with van der Waals surface area (Å²) in [4.78, 5) is 28.5. The second kappa shape index (κ2) is 13.3. The van der Waals surface area contributed by atoms with Gasteiger partial charge in [0, 0.05) is 38.2 Å². The average Bonchev–Trinajstić information content (AvgIpc) is 3.28. The Bertz CT molecular complexity index is 1110. The Balaban J connectivity index is 0.00000400. The number of anilines is 1. The van der Waals surface area contributed by atoms with Gasteiger partial charge >= 0.3 is 0 Å². The molecule has 2 aliphatic rings. The summed E-state index contributed by atoms with van der Waals surface area (Å²) >= 11 is 0. The van der Waals surface area contributed by atoms with Crippen LogP contribution in [0.2, 0.25) is 0 Å². The van der Waals surface area contributed by atoms with Crippen molar-refractivity contribution in [3.8, 4) is 22.8 Å². The molecule has 1 saturated heterocycles. The highest BCUT2D eigenvalue weighted by Gasteiger charge is 2.32. The molecule has 1 saturated carbocycles. The molecule has 4 rings (SSSR count). The van der Waals surface area contributed by atoms with Crippen molar-refractivity contribution in [2.45, 2.75) is 52.4 Å². The highest BCUT2D eigenvalue weighted by Crippen LogP contribution is 2.42. The van der Waals surface area contributed by atoms with E-state index in [0.717, 1.165) is 58.5 Å². The van der Waals surface area contributed by atoms with Crippen LogP contribution in [0.25, 0.3) is 11.3 Å². The van der Waals surface area contributed by atoms with Crippen molar-refractivity contribution < 1.29 is 29.1 Å². The number of amides is 2. The van der Waals surface area contributed by atoms with E-state index in [2.05, 4.69) is 20.7 Å². The maximum atomic E-state index is 13.4. The van der Waals surface area contributed by atoms with Crippen LogP contribution in [-0.4, -0.2) is 71.5 Å². The first-order valence-electron chi connectivity index (χ1n) is 13.2. The lowest BCUT2D eigenvalue weighted by atomic mass is 9.81. The fourth-order valence-corrected chi connectivity index (χ4v) is 5.21. The van der Waals surface area contributed by atoms with Crippen LogP contribution in [0.1, 0.15) is 68.4 Å². The zero-order chi connectivity index (χ0) is 26.5. The van der Waals surface area contributed by atoms with Crippen LogP contribution in [-0.2, 0) is 9.53 Å². The predicted molar refractivity (Wildman–Crippen MR) is 146 cm³/mol. The molecule has 10 nitrogen and oxygen atoms in total. The van der Waals surface area contributed by atoms with E-state index >= 15 is 0 Å².